The van der Waals surface area contributed by atoms with Crippen molar-refractivity contribution >= 4 is 64.0 Å². The van der Waals surface area contributed by atoms with E-state index in [0.29, 0.717) is 21.4 Å². The van der Waals surface area contributed by atoms with E-state index in [1.165, 1.54) is 6.20 Å². The van der Waals surface area contributed by atoms with E-state index in [9.17, 15) is 4.79 Å². The second-order valence-corrected chi connectivity index (χ2v) is 7.92. The van der Waals surface area contributed by atoms with Crippen LogP contribution in [0.5, 0.6) is 0 Å². The molecule has 146 valence electrons. The molecule has 1 heterocycles. The van der Waals surface area contributed by atoms with Gasteiger partial charge in [0, 0.05) is 10.6 Å². The van der Waals surface area contributed by atoms with Crippen molar-refractivity contribution in [2.75, 3.05) is 18.4 Å². The highest BCUT2D eigenvalue weighted by Gasteiger charge is 2.25. The average Bonchev–Trinajstić information content (AvgIpc) is 2.67. The number of alkyl halides is 2. The normalized spacial score (nSPS) is 11.5. The minimum atomic E-state index is -1.36. The van der Waals surface area contributed by atoms with E-state index < -0.39 is 4.33 Å². The summed E-state index contributed by atoms with van der Waals surface area (Å²) in [7, 11) is 0. The van der Waals surface area contributed by atoms with Gasteiger partial charge in [-0.1, -0.05) is 46.4 Å². The molecule has 0 unspecified atom stereocenters. The Morgan fingerprint density at radius 3 is 2.39 bits per heavy atom. The maximum atomic E-state index is 12.1. The molecule has 0 radical (unpaired) electrons. The number of hydrogen-bond acceptors (Lipinski definition) is 4. The monoisotopic (exact) mass is 458 g/mol. The molecule has 0 aliphatic carbocycles. The minimum absolute atomic E-state index is 0.00839. The number of aromatic nitrogens is 1. The zero-order valence-electron chi connectivity index (χ0n) is 14.2. The van der Waals surface area contributed by atoms with Crippen LogP contribution < -0.4 is 16.0 Å². The Hall–Kier alpha value is -2.24. The molecule has 0 aliphatic heterocycles. The fourth-order valence-electron chi connectivity index (χ4n) is 1.94. The first-order valence-electron chi connectivity index (χ1n) is 7.80. The van der Waals surface area contributed by atoms with Crippen molar-refractivity contribution in [3.05, 3.63) is 58.3 Å². The molecule has 0 saturated heterocycles. The van der Waals surface area contributed by atoms with Gasteiger partial charge in [0.15, 0.2) is 4.33 Å². The topological polar surface area (TPSA) is 102 Å². The number of nitrogens with one attached hydrogen (secondary N) is 3. The number of pyridine rings is 1. The van der Waals surface area contributed by atoms with Gasteiger partial charge in [-0.05, 0) is 36.4 Å². The van der Waals surface area contributed by atoms with Crippen LogP contribution in [0.4, 0.5) is 5.69 Å². The number of carbonyl (C=O) groups is 1. The number of nitrogens with zero attached hydrogens (tertiary/aromatic N) is 3. The number of nitriles is 1. The predicted molar refractivity (Wildman–Crippen MR) is 112 cm³/mol. The number of amides is 1. The Labute approximate surface area is 181 Å². The third-order valence-corrected chi connectivity index (χ3v) is 4.29. The van der Waals surface area contributed by atoms with E-state index in [4.69, 9.17) is 51.7 Å². The van der Waals surface area contributed by atoms with Crippen LogP contribution in [0.1, 0.15) is 10.4 Å². The van der Waals surface area contributed by atoms with Gasteiger partial charge in [-0.3, -0.25) is 4.79 Å². The fourth-order valence-corrected chi connectivity index (χ4v) is 2.44. The largest absolute Gasteiger partial charge is 0.352 e. The lowest BCUT2D eigenvalue weighted by atomic mass is 10.2. The van der Waals surface area contributed by atoms with Crippen LogP contribution in [0, 0.1) is 11.5 Å². The standard InChI is InChI=1S/C17H14Cl4N6O/c18-12-3-1-11(2-4-12)15(28)24-8-17(20,21)9-25-16(26-10-22)27-13-5-6-14(19)23-7-13/h1-7H,8-9H2,(H,24,28)(H2,25,26,27). The molecule has 0 atom stereocenters. The molecular weight excluding hydrogens is 446 g/mol. The smallest absolute Gasteiger partial charge is 0.251 e. The molecule has 0 bridgehead atoms. The van der Waals surface area contributed by atoms with Gasteiger partial charge in [-0.25, -0.2) is 4.98 Å². The average molecular weight is 460 g/mol. The molecule has 0 saturated carbocycles. The second kappa shape index (κ2) is 10.3. The summed E-state index contributed by atoms with van der Waals surface area (Å²) in [6.45, 7) is -0.0571. The van der Waals surface area contributed by atoms with Gasteiger partial charge in [0.25, 0.3) is 5.91 Å². The van der Waals surface area contributed by atoms with Crippen molar-refractivity contribution in [1.82, 2.24) is 15.6 Å². The molecule has 0 aliphatic rings. The number of guanidine groups is 1. The zero-order chi connectivity index (χ0) is 20.6. The summed E-state index contributed by atoms with van der Waals surface area (Å²) in [5, 5.41) is 18.0. The maximum absolute atomic E-state index is 12.1. The van der Waals surface area contributed by atoms with E-state index in [-0.39, 0.29) is 25.0 Å². The molecule has 0 fully saturated rings. The van der Waals surface area contributed by atoms with Crippen LogP contribution in [0.3, 0.4) is 0 Å². The third kappa shape index (κ3) is 7.41. The van der Waals surface area contributed by atoms with E-state index in [1.54, 1.807) is 42.6 Å². The van der Waals surface area contributed by atoms with Gasteiger partial charge in [0.2, 0.25) is 12.2 Å². The highest BCUT2D eigenvalue weighted by molar-refractivity contribution is 6.49. The van der Waals surface area contributed by atoms with Crippen LogP contribution in [-0.4, -0.2) is 34.3 Å². The number of hydrogen-bond donors (Lipinski definition) is 3. The molecule has 28 heavy (non-hydrogen) atoms. The van der Waals surface area contributed by atoms with Crippen molar-refractivity contribution in [3.8, 4) is 6.19 Å². The summed E-state index contributed by atoms with van der Waals surface area (Å²) >= 11 is 24.0. The number of benzene rings is 1. The summed E-state index contributed by atoms with van der Waals surface area (Å²) in [5.74, 6) is -0.236. The van der Waals surface area contributed by atoms with Gasteiger partial charge in [0.1, 0.15) is 5.15 Å². The Kier molecular flexibility index (Phi) is 8.15. The Balaban J connectivity index is 1.89. The molecule has 3 N–H and O–H groups in total. The van der Waals surface area contributed by atoms with Crippen molar-refractivity contribution < 1.29 is 4.79 Å². The van der Waals surface area contributed by atoms with Crippen LogP contribution in [0.25, 0.3) is 0 Å². The van der Waals surface area contributed by atoms with E-state index in [2.05, 4.69) is 25.9 Å². The summed E-state index contributed by atoms with van der Waals surface area (Å²) < 4.78 is -1.36. The van der Waals surface area contributed by atoms with Crippen LogP contribution >= 0.6 is 46.4 Å². The predicted octanol–water partition coefficient (Wildman–Crippen LogP) is 3.83. The molecule has 1 amide bonds. The number of aliphatic imine (C=N–C) groups is 1. The molecule has 0 spiro atoms. The van der Waals surface area contributed by atoms with Gasteiger partial charge in [-0.2, -0.15) is 5.26 Å². The van der Waals surface area contributed by atoms with Crippen LogP contribution in [0.2, 0.25) is 10.2 Å². The van der Waals surface area contributed by atoms with Gasteiger partial charge < -0.3 is 16.0 Å². The van der Waals surface area contributed by atoms with E-state index >= 15 is 0 Å². The summed E-state index contributed by atoms with van der Waals surface area (Å²) in [4.78, 5) is 19.7. The lowest BCUT2D eigenvalue weighted by molar-refractivity contribution is 0.0952. The van der Waals surface area contributed by atoms with Gasteiger partial charge in [-0.15, -0.1) is 4.99 Å². The van der Waals surface area contributed by atoms with Crippen molar-refractivity contribution in [1.29, 1.82) is 5.26 Å². The molecule has 7 nitrogen and oxygen atoms in total. The van der Waals surface area contributed by atoms with Crippen molar-refractivity contribution in [3.63, 3.8) is 0 Å². The summed E-state index contributed by atoms with van der Waals surface area (Å²) in [6, 6.07) is 9.62. The van der Waals surface area contributed by atoms with Crippen LogP contribution in [-0.2, 0) is 0 Å². The van der Waals surface area contributed by atoms with Crippen molar-refractivity contribution in [2.45, 2.75) is 4.33 Å². The molecular formula is C17H14Cl4N6O. The molecule has 2 rings (SSSR count). The maximum Gasteiger partial charge on any atom is 0.251 e. The molecule has 1 aromatic heterocycles. The number of rotatable bonds is 6. The quantitative estimate of drug-likeness (QED) is 0.200. The fraction of sp³-hybridized carbons (Fsp3) is 0.176. The van der Waals surface area contributed by atoms with Crippen molar-refractivity contribution in [2.24, 2.45) is 4.99 Å². The molecule has 2 aromatic rings. The lowest BCUT2D eigenvalue weighted by Gasteiger charge is -2.22. The molecule has 11 heteroatoms. The van der Waals surface area contributed by atoms with Gasteiger partial charge >= 0.3 is 0 Å². The lowest BCUT2D eigenvalue weighted by Crippen LogP contribution is -2.45. The highest BCUT2D eigenvalue weighted by Crippen LogP contribution is 2.19. The Bertz CT molecular complexity index is 878. The number of halogens is 4. The Morgan fingerprint density at radius 2 is 1.79 bits per heavy atom. The number of carbonyl (C=O) groups excluding carboxylic acids is 1. The van der Waals surface area contributed by atoms with Gasteiger partial charge in [0.05, 0.1) is 25.0 Å². The van der Waals surface area contributed by atoms with Crippen LogP contribution in [0.15, 0.2) is 47.6 Å². The Morgan fingerprint density at radius 1 is 1.11 bits per heavy atom. The number of anilines is 1. The third-order valence-electron chi connectivity index (χ3n) is 3.28. The first-order valence-corrected chi connectivity index (χ1v) is 9.31. The highest BCUT2D eigenvalue weighted by atomic mass is 35.5. The summed E-state index contributed by atoms with van der Waals surface area (Å²) in [6.07, 6.45) is 3.13. The second-order valence-electron chi connectivity index (χ2n) is 5.45. The SMILES string of the molecule is N#CN=C(NCC(Cl)(Cl)CNC(=O)c1ccc(Cl)cc1)Nc1ccc(Cl)nc1. The van der Waals surface area contributed by atoms with E-state index in [1.807, 2.05) is 0 Å². The zero-order valence-corrected chi connectivity index (χ0v) is 17.2. The van der Waals surface area contributed by atoms with E-state index in [0.717, 1.165) is 0 Å². The first kappa shape index (κ1) is 22.1. The first-order chi connectivity index (χ1) is 13.3. The summed E-state index contributed by atoms with van der Waals surface area (Å²) in [5.41, 5.74) is 0.974. The molecule has 1 aromatic carbocycles. The minimum Gasteiger partial charge on any atom is -0.352 e.